The van der Waals surface area contributed by atoms with E-state index in [0.29, 0.717) is 18.9 Å². The number of carboxylic acid groups (broad SMARTS) is 1. The van der Waals surface area contributed by atoms with Crippen molar-refractivity contribution in [2.24, 2.45) is 11.8 Å². The lowest BCUT2D eigenvalue weighted by Gasteiger charge is -2.26. The molecule has 0 spiro atoms. The summed E-state index contributed by atoms with van der Waals surface area (Å²) < 4.78 is 0. The van der Waals surface area contributed by atoms with E-state index in [1.807, 2.05) is 6.92 Å². The van der Waals surface area contributed by atoms with Crippen molar-refractivity contribution in [3.8, 4) is 0 Å². The Morgan fingerprint density at radius 2 is 2.16 bits per heavy atom. The first-order valence-electron chi connectivity index (χ1n) is 6.62. The van der Waals surface area contributed by atoms with Gasteiger partial charge in [-0.2, -0.15) is 0 Å². The molecule has 0 aromatic carbocycles. The largest absolute Gasteiger partial charge is 0.481 e. The lowest BCUT2D eigenvalue weighted by molar-refractivity contribution is -0.140. The van der Waals surface area contributed by atoms with Gasteiger partial charge in [-0.15, -0.1) is 0 Å². The number of nitrogens with one attached hydrogen (secondary N) is 1. The first-order valence-corrected chi connectivity index (χ1v) is 6.62. The van der Waals surface area contributed by atoms with Crippen molar-refractivity contribution >= 4 is 12.0 Å². The molecule has 0 aromatic heterocycles. The molecule has 0 aromatic rings. The average molecular weight is 268 g/mol. The Balaban J connectivity index is 1.89. The van der Waals surface area contributed by atoms with E-state index >= 15 is 0 Å². The lowest BCUT2D eigenvalue weighted by Crippen LogP contribution is -2.48. The summed E-state index contributed by atoms with van der Waals surface area (Å²) in [6.07, 6.45) is 4.62. The minimum atomic E-state index is -0.865. The first kappa shape index (κ1) is 13.9. The van der Waals surface area contributed by atoms with Crippen LogP contribution in [0.15, 0.2) is 12.2 Å². The Morgan fingerprint density at radius 1 is 1.42 bits per heavy atom. The monoisotopic (exact) mass is 268 g/mol. The van der Waals surface area contributed by atoms with E-state index in [1.165, 1.54) is 0 Å². The molecule has 106 valence electrons. The highest BCUT2D eigenvalue weighted by Gasteiger charge is 2.35. The average Bonchev–Trinajstić information content (AvgIpc) is 2.95. The van der Waals surface area contributed by atoms with E-state index in [4.69, 9.17) is 5.11 Å². The molecule has 3 N–H and O–H groups in total. The van der Waals surface area contributed by atoms with Crippen LogP contribution in [0.5, 0.6) is 0 Å². The predicted molar refractivity (Wildman–Crippen MR) is 68.6 cm³/mol. The van der Waals surface area contributed by atoms with Gasteiger partial charge in [0.2, 0.25) is 0 Å². The molecule has 1 aliphatic heterocycles. The maximum Gasteiger partial charge on any atom is 0.318 e. The van der Waals surface area contributed by atoms with Crippen LogP contribution in [-0.2, 0) is 4.79 Å². The number of urea groups is 1. The minimum Gasteiger partial charge on any atom is -0.481 e. The van der Waals surface area contributed by atoms with E-state index in [0.717, 1.165) is 6.42 Å². The number of hydrogen-bond donors (Lipinski definition) is 3. The number of carbonyl (C=O) groups excluding carboxylic acids is 1. The summed E-state index contributed by atoms with van der Waals surface area (Å²) in [6, 6.07) is -0.589. The second kappa shape index (κ2) is 5.61. The van der Waals surface area contributed by atoms with E-state index in [-0.39, 0.29) is 24.7 Å². The van der Waals surface area contributed by atoms with Crippen LogP contribution in [0.4, 0.5) is 4.79 Å². The molecule has 1 aliphatic carbocycles. The SMILES string of the molecule is CC1CCN(C(=O)NC2C=CC(C(=O)O)C2)C1CO. The Hall–Kier alpha value is -1.56. The number of amides is 2. The zero-order chi connectivity index (χ0) is 14.0. The lowest BCUT2D eigenvalue weighted by atomic mass is 10.0. The molecule has 19 heavy (non-hydrogen) atoms. The molecule has 2 rings (SSSR count). The number of likely N-dealkylation sites (tertiary alicyclic amines) is 1. The number of hydrogen-bond acceptors (Lipinski definition) is 3. The number of carbonyl (C=O) groups is 2. The van der Waals surface area contributed by atoms with E-state index in [9.17, 15) is 14.7 Å². The standard InChI is InChI=1S/C13H20N2O4/c1-8-4-5-15(11(8)7-16)13(19)14-10-3-2-9(6-10)12(17)18/h2-3,8-11,16H,4-7H2,1H3,(H,14,19)(H,17,18). The Bertz CT molecular complexity index is 396. The smallest absolute Gasteiger partial charge is 0.318 e. The summed E-state index contributed by atoms with van der Waals surface area (Å²) in [5.41, 5.74) is 0. The topological polar surface area (TPSA) is 89.9 Å². The zero-order valence-electron chi connectivity index (χ0n) is 11.0. The van der Waals surface area contributed by atoms with Crippen molar-refractivity contribution in [2.45, 2.75) is 31.8 Å². The Labute approximate surface area is 112 Å². The molecule has 0 saturated carbocycles. The fourth-order valence-electron chi connectivity index (χ4n) is 2.77. The van der Waals surface area contributed by atoms with Crippen LogP contribution in [0.3, 0.4) is 0 Å². The second-order valence-electron chi connectivity index (χ2n) is 5.33. The first-order chi connectivity index (χ1) is 9.02. The predicted octanol–water partition coefficient (Wildman–Crippen LogP) is 0.428. The molecule has 0 radical (unpaired) electrons. The van der Waals surface area contributed by atoms with Crippen molar-refractivity contribution in [1.82, 2.24) is 10.2 Å². The molecule has 6 nitrogen and oxygen atoms in total. The normalized spacial score (nSPS) is 33.7. The molecule has 2 aliphatic rings. The van der Waals surface area contributed by atoms with Gasteiger partial charge in [-0.1, -0.05) is 19.1 Å². The molecular formula is C13H20N2O4. The van der Waals surface area contributed by atoms with Gasteiger partial charge < -0.3 is 20.4 Å². The fraction of sp³-hybridized carbons (Fsp3) is 0.692. The van der Waals surface area contributed by atoms with E-state index in [1.54, 1.807) is 17.1 Å². The summed E-state index contributed by atoms with van der Waals surface area (Å²) in [4.78, 5) is 24.6. The maximum absolute atomic E-state index is 12.1. The van der Waals surface area contributed by atoms with Crippen LogP contribution in [-0.4, -0.2) is 52.3 Å². The molecule has 1 saturated heterocycles. The fourth-order valence-corrected chi connectivity index (χ4v) is 2.77. The van der Waals surface area contributed by atoms with Crippen molar-refractivity contribution in [2.75, 3.05) is 13.2 Å². The number of carboxylic acids is 1. The van der Waals surface area contributed by atoms with Crippen LogP contribution in [0.25, 0.3) is 0 Å². The van der Waals surface area contributed by atoms with Gasteiger partial charge in [0.05, 0.1) is 24.6 Å². The van der Waals surface area contributed by atoms with Gasteiger partial charge in [0.25, 0.3) is 0 Å². The molecule has 4 atom stereocenters. The van der Waals surface area contributed by atoms with Crippen LogP contribution in [0.2, 0.25) is 0 Å². The summed E-state index contributed by atoms with van der Waals surface area (Å²) in [5.74, 6) is -1.09. The van der Waals surface area contributed by atoms with E-state index < -0.39 is 11.9 Å². The molecule has 4 unspecified atom stereocenters. The van der Waals surface area contributed by atoms with Crippen molar-refractivity contribution in [3.63, 3.8) is 0 Å². The van der Waals surface area contributed by atoms with Crippen LogP contribution >= 0.6 is 0 Å². The third-order valence-electron chi connectivity index (χ3n) is 4.04. The summed E-state index contributed by atoms with van der Waals surface area (Å²) in [6.45, 7) is 2.62. The van der Waals surface area contributed by atoms with Crippen LogP contribution < -0.4 is 5.32 Å². The van der Waals surface area contributed by atoms with Gasteiger partial charge in [-0.25, -0.2) is 4.79 Å². The molecular weight excluding hydrogens is 248 g/mol. The van der Waals surface area contributed by atoms with Crippen molar-refractivity contribution in [3.05, 3.63) is 12.2 Å². The summed E-state index contributed by atoms with van der Waals surface area (Å²) in [5, 5.41) is 21.0. The molecule has 2 amide bonds. The Kier molecular flexibility index (Phi) is 4.09. The highest BCUT2D eigenvalue weighted by atomic mass is 16.4. The van der Waals surface area contributed by atoms with Gasteiger partial charge in [0.1, 0.15) is 0 Å². The molecule has 0 bridgehead atoms. The quantitative estimate of drug-likeness (QED) is 0.647. The highest BCUT2D eigenvalue weighted by molar-refractivity contribution is 5.77. The summed E-state index contributed by atoms with van der Waals surface area (Å²) >= 11 is 0. The van der Waals surface area contributed by atoms with Crippen molar-refractivity contribution in [1.29, 1.82) is 0 Å². The number of aliphatic hydroxyl groups excluding tert-OH is 1. The second-order valence-corrected chi connectivity index (χ2v) is 5.33. The van der Waals surface area contributed by atoms with Crippen LogP contribution in [0, 0.1) is 11.8 Å². The van der Waals surface area contributed by atoms with Gasteiger partial charge >= 0.3 is 12.0 Å². The number of nitrogens with zero attached hydrogens (tertiary/aromatic N) is 1. The van der Waals surface area contributed by atoms with Gasteiger partial charge in [0, 0.05) is 6.54 Å². The van der Waals surface area contributed by atoms with E-state index in [2.05, 4.69) is 5.32 Å². The molecule has 1 fully saturated rings. The minimum absolute atomic E-state index is 0.0349. The molecule has 6 heteroatoms. The van der Waals surface area contributed by atoms with Gasteiger partial charge in [-0.3, -0.25) is 4.79 Å². The summed E-state index contributed by atoms with van der Waals surface area (Å²) in [7, 11) is 0. The third-order valence-corrected chi connectivity index (χ3v) is 4.04. The molecule has 1 heterocycles. The third kappa shape index (κ3) is 2.89. The zero-order valence-corrected chi connectivity index (χ0v) is 11.0. The highest BCUT2D eigenvalue weighted by Crippen LogP contribution is 2.24. The Morgan fingerprint density at radius 3 is 2.74 bits per heavy atom. The maximum atomic E-state index is 12.1. The number of aliphatic carboxylic acids is 1. The number of aliphatic hydroxyl groups is 1. The number of rotatable bonds is 3. The van der Waals surface area contributed by atoms with Gasteiger partial charge in [-0.05, 0) is 18.8 Å². The van der Waals surface area contributed by atoms with Crippen LogP contribution in [0.1, 0.15) is 19.8 Å². The van der Waals surface area contributed by atoms with Crippen molar-refractivity contribution < 1.29 is 19.8 Å². The van der Waals surface area contributed by atoms with Gasteiger partial charge in [0.15, 0.2) is 0 Å².